The molecule has 2 aromatic heterocycles. The lowest BCUT2D eigenvalue weighted by molar-refractivity contribution is -0.385. The summed E-state index contributed by atoms with van der Waals surface area (Å²) in [6.07, 6.45) is 2.59. The van der Waals surface area contributed by atoms with Crippen molar-refractivity contribution in [2.45, 2.75) is 43.2 Å². The van der Waals surface area contributed by atoms with Crippen molar-refractivity contribution < 1.29 is 27.8 Å². The Morgan fingerprint density at radius 1 is 1.07 bits per heavy atom. The first kappa shape index (κ1) is 31.6. The molecule has 0 atom stereocenters. The van der Waals surface area contributed by atoms with Gasteiger partial charge in [-0.15, -0.1) is 11.8 Å². The van der Waals surface area contributed by atoms with Crippen LogP contribution in [0.15, 0.2) is 83.1 Å². The Kier molecular flexibility index (Phi) is 10.1. The molecule has 0 aliphatic carbocycles. The molecule has 5 rings (SSSR count). The largest absolute Gasteiger partial charge is 0.491 e. The Morgan fingerprint density at radius 2 is 1.81 bits per heavy atom. The SMILES string of the molecule is CC(=O)Nc1cnc(S(=O)(=O)Nc2ccc3c(c2)B(O)OC3)c(C)c1.Cc1cc([N+](=O)[O-])cnc1SCc1ccccc1. The number of aromatic nitrogens is 2. The molecule has 2 aromatic carbocycles. The van der Waals surface area contributed by atoms with E-state index in [0.29, 0.717) is 22.4 Å². The van der Waals surface area contributed by atoms with Crippen molar-refractivity contribution in [3.63, 3.8) is 0 Å². The lowest BCUT2D eigenvalue weighted by Crippen LogP contribution is -2.28. The topological polar surface area (TPSA) is 174 Å². The summed E-state index contributed by atoms with van der Waals surface area (Å²) in [6, 6.07) is 18.0. The number of sulfonamides is 1. The van der Waals surface area contributed by atoms with Gasteiger partial charge >= 0.3 is 7.12 Å². The third-order valence-electron chi connectivity index (χ3n) is 6.11. The Bertz CT molecular complexity index is 1760. The van der Waals surface area contributed by atoms with Gasteiger partial charge in [0.15, 0.2) is 5.03 Å². The number of benzene rings is 2. The van der Waals surface area contributed by atoms with Gasteiger partial charge in [0.1, 0.15) is 6.20 Å². The van der Waals surface area contributed by atoms with Crippen molar-refractivity contribution in [1.82, 2.24) is 9.97 Å². The molecule has 0 unspecified atom stereocenters. The van der Waals surface area contributed by atoms with Crippen molar-refractivity contribution in [2.75, 3.05) is 10.0 Å². The van der Waals surface area contributed by atoms with Crippen molar-refractivity contribution in [1.29, 1.82) is 0 Å². The van der Waals surface area contributed by atoms with Gasteiger partial charge in [0, 0.05) is 24.4 Å². The van der Waals surface area contributed by atoms with Crippen LogP contribution in [0.3, 0.4) is 0 Å². The first-order valence-electron chi connectivity index (χ1n) is 12.9. The number of aryl methyl sites for hydroxylation is 2. The second kappa shape index (κ2) is 13.8. The summed E-state index contributed by atoms with van der Waals surface area (Å²) >= 11 is 1.59. The number of fused-ring (bicyclic) bond motifs is 1. The molecular weight excluding hydrogens is 593 g/mol. The number of pyridine rings is 2. The third kappa shape index (κ3) is 8.38. The molecule has 0 spiro atoms. The summed E-state index contributed by atoms with van der Waals surface area (Å²) in [5.74, 6) is 0.542. The molecule has 3 heterocycles. The van der Waals surface area contributed by atoms with Crippen LogP contribution in [0, 0.1) is 24.0 Å². The smallest absolute Gasteiger partial charge is 0.423 e. The number of rotatable bonds is 8. The summed E-state index contributed by atoms with van der Waals surface area (Å²) in [6.45, 7) is 5.07. The fourth-order valence-corrected chi connectivity index (χ4v) is 6.24. The van der Waals surface area contributed by atoms with Gasteiger partial charge in [0.05, 0.1) is 28.4 Å². The number of amides is 1. The Labute approximate surface area is 253 Å². The van der Waals surface area contributed by atoms with E-state index in [4.69, 9.17) is 4.65 Å². The number of nitrogens with zero attached hydrogens (tertiary/aromatic N) is 3. The predicted octanol–water partition coefficient (Wildman–Crippen LogP) is 3.96. The third-order valence-corrected chi connectivity index (χ3v) is 8.73. The first-order valence-corrected chi connectivity index (χ1v) is 15.4. The van der Waals surface area contributed by atoms with Crippen LogP contribution in [0.4, 0.5) is 17.1 Å². The molecule has 0 bridgehead atoms. The van der Waals surface area contributed by atoms with Gasteiger partial charge in [-0.1, -0.05) is 36.4 Å². The lowest BCUT2D eigenvalue weighted by Gasteiger charge is -2.12. The summed E-state index contributed by atoms with van der Waals surface area (Å²) in [4.78, 5) is 29.3. The summed E-state index contributed by atoms with van der Waals surface area (Å²) < 4.78 is 32.7. The Balaban J connectivity index is 0.000000208. The van der Waals surface area contributed by atoms with Gasteiger partial charge in [0.2, 0.25) is 5.91 Å². The molecular formula is C28H28BN5O7S2. The molecule has 1 amide bonds. The minimum Gasteiger partial charge on any atom is -0.423 e. The second-order valence-electron chi connectivity index (χ2n) is 9.56. The maximum Gasteiger partial charge on any atom is 0.491 e. The molecule has 0 saturated carbocycles. The average molecular weight is 622 g/mol. The molecule has 4 aromatic rings. The summed E-state index contributed by atoms with van der Waals surface area (Å²) in [7, 11) is -4.98. The van der Waals surface area contributed by atoms with Crippen LogP contribution >= 0.6 is 11.8 Å². The van der Waals surface area contributed by atoms with Crippen LogP contribution in [0.2, 0.25) is 0 Å². The van der Waals surface area contributed by atoms with Gasteiger partial charge in [-0.25, -0.2) is 9.97 Å². The van der Waals surface area contributed by atoms with Crippen molar-refractivity contribution in [2.24, 2.45) is 0 Å². The second-order valence-corrected chi connectivity index (χ2v) is 12.1. The van der Waals surface area contributed by atoms with Crippen LogP contribution < -0.4 is 15.5 Å². The highest BCUT2D eigenvalue weighted by Gasteiger charge is 2.28. The van der Waals surface area contributed by atoms with E-state index >= 15 is 0 Å². The van der Waals surface area contributed by atoms with Crippen molar-refractivity contribution in [3.8, 4) is 0 Å². The zero-order chi connectivity index (χ0) is 31.1. The van der Waals surface area contributed by atoms with Crippen molar-refractivity contribution >= 4 is 57.3 Å². The monoisotopic (exact) mass is 621 g/mol. The normalized spacial score (nSPS) is 12.1. The fourth-order valence-electron chi connectivity index (χ4n) is 4.12. The van der Waals surface area contributed by atoms with E-state index in [1.165, 1.54) is 37.0 Å². The summed E-state index contributed by atoms with van der Waals surface area (Å²) in [5, 5.41) is 23.6. The highest BCUT2D eigenvalue weighted by molar-refractivity contribution is 7.98. The molecule has 43 heavy (non-hydrogen) atoms. The number of carbonyl (C=O) groups is 1. The number of nitro groups is 1. The minimum atomic E-state index is -3.92. The average Bonchev–Trinajstić information content (AvgIpc) is 3.32. The molecule has 15 heteroatoms. The molecule has 3 N–H and O–H groups in total. The predicted molar refractivity (Wildman–Crippen MR) is 165 cm³/mol. The fraction of sp³-hybridized carbons (Fsp3) is 0.179. The zero-order valence-corrected chi connectivity index (χ0v) is 25.1. The molecule has 0 fully saturated rings. The molecule has 12 nitrogen and oxygen atoms in total. The van der Waals surface area contributed by atoms with Gasteiger partial charge in [-0.05, 0) is 59.8 Å². The molecule has 1 aliphatic heterocycles. The van der Waals surface area contributed by atoms with E-state index in [-0.39, 0.29) is 23.2 Å². The van der Waals surface area contributed by atoms with Gasteiger partial charge in [0.25, 0.3) is 15.7 Å². The van der Waals surface area contributed by atoms with Crippen LogP contribution in [0.1, 0.15) is 29.2 Å². The Morgan fingerprint density at radius 3 is 2.47 bits per heavy atom. The summed E-state index contributed by atoms with van der Waals surface area (Å²) in [5.41, 5.74) is 4.54. The van der Waals surface area contributed by atoms with Crippen LogP contribution in [-0.4, -0.2) is 41.4 Å². The van der Waals surface area contributed by atoms with E-state index in [0.717, 1.165) is 21.9 Å². The van der Waals surface area contributed by atoms with E-state index in [9.17, 15) is 28.4 Å². The number of thioether (sulfide) groups is 1. The Hall–Kier alpha value is -4.31. The highest BCUT2D eigenvalue weighted by Crippen LogP contribution is 2.26. The van der Waals surface area contributed by atoms with Gasteiger partial charge in [-0.3, -0.25) is 19.6 Å². The molecule has 0 saturated heterocycles. The number of hydrogen-bond donors (Lipinski definition) is 3. The van der Waals surface area contributed by atoms with Crippen LogP contribution in [0.25, 0.3) is 0 Å². The van der Waals surface area contributed by atoms with Gasteiger partial charge in [-0.2, -0.15) is 8.42 Å². The van der Waals surface area contributed by atoms with Crippen LogP contribution in [0.5, 0.6) is 0 Å². The zero-order valence-electron chi connectivity index (χ0n) is 23.5. The van der Waals surface area contributed by atoms with E-state index < -0.39 is 22.1 Å². The minimum absolute atomic E-state index is 0.0385. The number of anilines is 2. The first-order chi connectivity index (χ1) is 20.4. The van der Waals surface area contributed by atoms with Crippen LogP contribution in [-0.2, 0) is 31.8 Å². The molecule has 1 aliphatic rings. The molecule has 0 radical (unpaired) electrons. The number of hydrogen-bond acceptors (Lipinski definition) is 10. The molecule has 222 valence electrons. The highest BCUT2D eigenvalue weighted by atomic mass is 32.2. The van der Waals surface area contributed by atoms with Gasteiger partial charge < -0.3 is 15.0 Å². The van der Waals surface area contributed by atoms with Crippen molar-refractivity contribution in [3.05, 3.63) is 105 Å². The van der Waals surface area contributed by atoms with E-state index in [2.05, 4.69) is 20.0 Å². The maximum atomic E-state index is 12.6. The standard InChI is InChI=1S/C15H16BN3O5S.C13H12N2O2S/c1-9-5-13(18-10(2)20)7-17-15(9)25(22,23)19-12-4-3-11-8-24-16(21)14(11)6-12;1-10-7-12(15(16)17)8-14-13(10)18-9-11-5-3-2-4-6-11/h3-7,19,21H,8H2,1-2H3,(H,18,20);2-8H,9H2,1H3. The van der Waals surface area contributed by atoms with E-state index in [1.807, 2.05) is 37.3 Å². The number of nitrogens with one attached hydrogen (secondary N) is 2. The van der Waals surface area contributed by atoms with E-state index in [1.54, 1.807) is 36.9 Å². The quantitative estimate of drug-likeness (QED) is 0.113. The maximum absolute atomic E-state index is 12.6. The number of carbonyl (C=O) groups excluding carboxylic acids is 1. The lowest BCUT2D eigenvalue weighted by atomic mass is 9.79.